The Morgan fingerprint density at radius 1 is 1.44 bits per heavy atom. The standard InChI is InChI=1S/C13H18BrNO3/c1-7(2)11(13(16)17)12(15)8-4-5-10(18-3)9(14)6-8/h4-7,11-12H,15H2,1-3H3,(H,16,17). The molecule has 4 nitrogen and oxygen atoms in total. The second-order valence-corrected chi connectivity index (χ2v) is 5.38. The van der Waals surface area contributed by atoms with Gasteiger partial charge in [-0.2, -0.15) is 0 Å². The Morgan fingerprint density at radius 3 is 2.44 bits per heavy atom. The van der Waals surface area contributed by atoms with E-state index in [4.69, 9.17) is 10.5 Å². The molecular formula is C13H18BrNO3. The van der Waals surface area contributed by atoms with Crippen molar-refractivity contribution in [2.75, 3.05) is 7.11 Å². The van der Waals surface area contributed by atoms with E-state index in [-0.39, 0.29) is 5.92 Å². The minimum Gasteiger partial charge on any atom is -0.496 e. The molecule has 0 heterocycles. The molecule has 0 fully saturated rings. The van der Waals surface area contributed by atoms with E-state index in [1.165, 1.54) is 0 Å². The van der Waals surface area contributed by atoms with Crippen LogP contribution < -0.4 is 10.5 Å². The predicted molar refractivity (Wildman–Crippen MR) is 73.6 cm³/mol. The normalized spacial score (nSPS) is 14.3. The minimum absolute atomic E-state index is 0.0293. The molecule has 0 aliphatic heterocycles. The fourth-order valence-electron chi connectivity index (χ4n) is 1.95. The van der Waals surface area contributed by atoms with Crippen LogP contribution in [-0.2, 0) is 4.79 Å². The van der Waals surface area contributed by atoms with E-state index in [0.717, 1.165) is 10.0 Å². The summed E-state index contributed by atoms with van der Waals surface area (Å²) < 4.78 is 5.90. The van der Waals surface area contributed by atoms with Crippen molar-refractivity contribution in [2.24, 2.45) is 17.6 Å². The van der Waals surface area contributed by atoms with Gasteiger partial charge in [-0.15, -0.1) is 0 Å². The molecule has 1 rings (SSSR count). The first kappa shape index (κ1) is 15.0. The van der Waals surface area contributed by atoms with Gasteiger partial charge in [0.1, 0.15) is 5.75 Å². The summed E-state index contributed by atoms with van der Waals surface area (Å²) in [5, 5.41) is 9.23. The van der Waals surface area contributed by atoms with Crippen LogP contribution in [0.2, 0.25) is 0 Å². The fraction of sp³-hybridized carbons (Fsp3) is 0.462. The first-order valence-electron chi connectivity index (χ1n) is 5.70. The van der Waals surface area contributed by atoms with Crippen molar-refractivity contribution in [3.8, 4) is 5.75 Å². The van der Waals surface area contributed by atoms with Gasteiger partial charge < -0.3 is 15.6 Å². The molecule has 0 aromatic heterocycles. The minimum atomic E-state index is -0.871. The van der Waals surface area contributed by atoms with Crippen LogP contribution in [0, 0.1) is 11.8 Å². The molecule has 0 bridgehead atoms. The maximum atomic E-state index is 11.2. The highest BCUT2D eigenvalue weighted by atomic mass is 79.9. The van der Waals surface area contributed by atoms with Crippen molar-refractivity contribution in [1.82, 2.24) is 0 Å². The van der Waals surface area contributed by atoms with Crippen LogP contribution in [-0.4, -0.2) is 18.2 Å². The second kappa shape index (κ2) is 6.20. The van der Waals surface area contributed by atoms with E-state index in [9.17, 15) is 9.90 Å². The highest BCUT2D eigenvalue weighted by Crippen LogP contribution is 2.32. The number of ether oxygens (including phenoxy) is 1. The number of carboxylic acids is 1. The van der Waals surface area contributed by atoms with Crippen LogP contribution >= 0.6 is 15.9 Å². The van der Waals surface area contributed by atoms with Crippen LogP contribution in [0.3, 0.4) is 0 Å². The quantitative estimate of drug-likeness (QED) is 0.876. The smallest absolute Gasteiger partial charge is 0.308 e. The molecule has 0 aliphatic carbocycles. The van der Waals surface area contributed by atoms with Crippen LogP contribution in [0.25, 0.3) is 0 Å². The van der Waals surface area contributed by atoms with E-state index in [1.54, 1.807) is 19.2 Å². The molecule has 1 aromatic carbocycles. The van der Waals surface area contributed by atoms with E-state index < -0.39 is 17.9 Å². The van der Waals surface area contributed by atoms with Gasteiger partial charge in [0.25, 0.3) is 0 Å². The third-order valence-corrected chi connectivity index (χ3v) is 3.57. The Balaban J connectivity index is 3.05. The lowest BCUT2D eigenvalue weighted by Crippen LogP contribution is -2.32. The molecule has 1 aromatic rings. The number of methoxy groups -OCH3 is 1. The van der Waals surface area contributed by atoms with Gasteiger partial charge in [0.2, 0.25) is 0 Å². The van der Waals surface area contributed by atoms with Gasteiger partial charge >= 0.3 is 5.97 Å². The average molecular weight is 316 g/mol. The maximum absolute atomic E-state index is 11.2. The van der Waals surface area contributed by atoms with E-state index in [1.807, 2.05) is 19.9 Å². The van der Waals surface area contributed by atoms with Gasteiger partial charge in [0, 0.05) is 6.04 Å². The van der Waals surface area contributed by atoms with Gasteiger partial charge in [-0.05, 0) is 39.5 Å². The third-order valence-electron chi connectivity index (χ3n) is 2.95. The SMILES string of the molecule is COc1ccc(C(N)C(C(=O)O)C(C)C)cc1Br. The summed E-state index contributed by atoms with van der Waals surface area (Å²) in [5.41, 5.74) is 6.84. The number of halogens is 1. The molecule has 2 unspecified atom stereocenters. The number of hydrogen-bond acceptors (Lipinski definition) is 3. The largest absolute Gasteiger partial charge is 0.496 e. The Bertz CT molecular complexity index is 434. The predicted octanol–water partition coefficient (Wildman–Crippen LogP) is 2.81. The fourth-order valence-corrected chi connectivity index (χ4v) is 2.51. The first-order chi connectivity index (χ1) is 8.38. The molecule has 3 N–H and O–H groups in total. The molecule has 0 amide bonds. The van der Waals surface area contributed by atoms with E-state index >= 15 is 0 Å². The number of aliphatic carboxylic acids is 1. The number of carbonyl (C=O) groups is 1. The molecule has 0 radical (unpaired) electrons. The summed E-state index contributed by atoms with van der Waals surface area (Å²) in [4.78, 5) is 11.2. The van der Waals surface area contributed by atoms with Crippen LogP contribution in [0.5, 0.6) is 5.75 Å². The third kappa shape index (κ3) is 3.23. The van der Waals surface area contributed by atoms with E-state index in [0.29, 0.717) is 5.75 Å². The number of benzene rings is 1. The summed E-state index contributed by atoms with van der Waals surface area (Å²) in [6, 6.07) is 4.84. The lowest BCUT2D eigenvalue weighted by atomic mass is 9.85. The molecule has 18 heavy (non-hydrogen) atoms. The van der Waals surface area contributed by atoms with Crippen molar-refractivity contribution in [1.29, 1.82) is 0 Å². The van der Waals surface area contributed by atoms with Crippen molar-refractivity contribution in [3.63, 3.8) is 0 Å². The molecule has 5 heteroatoms. The van der Waals surface area contributed by atoms with Crippen LogP contribution in [0.4, 0.5) is 0 Å². The zero-order valence-electron chi connectivity index (χ0n) is 10.7. The van der Waals surface area contributed by atoms with Gasteiger partial charge in [-0.1, -0.05) is 19.9 Å². The zero-order valence-corrected chi connectivity index (χ0v) is 12.3. The molecule has 0 spiro atoms. The number of nitrogens with two attached hydrogens (primary N) is 1. The topological polar surface area (TPSA) is 72.5 Å². The average Bonchev–Trinajstić information content (AvgIpc) is 2.27. The lowest BCUT2D eigenvalue weighted by molar-refractivity contribution is -0.144. The summed E-state index contributed by atoms with van der Waals surface area (Å²) in [6.45, 7) is 3.72. The summed E-state index contributed by atoms with van der Waals surface area (Å²) in [5.74, 6) is -0.810. The first-order valence-corrected chi connectivity index (χ1v) is 6.49. The number of carboxylic acid groups (broad SMARTS) is 1. The van der Waals surface area contributed by atoms with Gasteiger partial charge in [0.05, 0.1) is 17.5 Å². The Kier molecular flexibility index (Phi) is 5.16. The molecule has 100 valence electrons. The highest BCUT2D eigenvalue weighted by Gasteiger charge is 2.29. The molecule has 0 saturated heterocycles. The monoisotopic (exact) mass is 315 g/mol. The summed E-state index contributed by atoms with van der Waals surface area (Å²) in [7, 11) is 1.58. The maximum Gasteiger partial charge on any atom is 0.308 e. The Morgan fingerprint density at radius 2 is 2.06 bits per heavy atom. The summed E-state index contributed by atoms with van der Waals surface area (Å²) in [6.07, 6.45) is 0. The summed E-state index contributed by atoms with van der Waals surface area (Å²) >= 11 is 3.37. The van der Waals surface area contributed by atoms with Crippen molar-refractivity contribution >= 4 is 21.9 Å². The Labute approximate surface area is 115 Å². The van der Waals surface area contributed by atoms with Gasteiger partial charge in [-0.3, -0.25) is 4.79 Å². The number of rotatable bonds is 5. The Hall–Kier alpha value is -1.07. The highest BCUT2D eigenvalue weighted by molar-refractivity contribution is 9.10. The van der Waals surface area contributed by atoms with Crippen molar-refractivity contribution in [3.05, 3.63) is 28.2 Å². The molecule has 2 atom stereocenters. The zero-order chi connectivity index (χ0) is 13.9. The molecular weight excluding hydrogens is 298 g/mol. The van der Waals surface area contributed by atoms with Gasteiger partial charge in [0.15, 0.2) is 0 Å². The lowest BCUT2D eigenvalue weighted by Gasteiger charge is -2.24. The number of hydrogen-bond donors (Lipinski definition) is 2. The van der Waals surface area contributed by atoms with Crippen molar-refractivity contribution in [2.45, 2.75) is 19.9 Å². The van der Waals surface area contributed by atoms with E-state index in [2.05, 4.69) is 15.9 Å². The van der Waals surface area contributed by atoms with Crippen molar-refractivity contribution < 1.29 is 14.6 Å². The molecule has 0 saturated carbocycles. The van der Waals surface area contributed by atoms with Crippen LogP contribution in [0.1, 0.15) is 25.5 Å². The molecule has 0 aliphatic rings. The van der Waals surface area contributed by atoms with Gasteiger partial charge in [-0.25, -0.2) is 0 Å². The van der Waals surface area contributed by atoms with Crippen LogP contribution in [0.15, 0.2) is 22.7 Å². The second-order valence-electron chi connectivity index (χ2n) is 4.53.